The van der Waals surface area contributed by atoms with E-state index in [1.165, 1.54) is 0 Å². The Morgan fingerprint density at radius 2 is 1.85 bits per heavy atom. The van der Waals surface area contributed by atoms with Crippen LogP contribution in [0.2, 0.25) is 0 Å². The van der Waals surface area contributed by atoms with Crippen molar-refractivity contribution in [2.45, 2.75) is 18.5 Å². The van der Waals surface area contributed by atoms with Crippen LogP contribution in [-0.2, 0) is 22.3 Å². The van der Waals surface area contributed by atoms with E-state index >= 15 is 0 Å². The second kappa shape index (κ2) is 6.55. The van der Waals surface area contributed by atoms with Crippen molar-refractivity contribution >= 4 is 10.0 Å². The summed E-state index contributed by atoms with van der Waals surface area (Å²) in [6, 6.07) is 6.74. The van der Waals surface area contributed by atoms with Gasteiger partial charge in [-0.05, 0) is 18.2 Å². The molecule has 1 aromatic carbocycles. The van der Waals surface area contributed by atoms with Crippen molar-refractivity contribution in [1.82, 2.24) is 9.62 Å². The molecule has 8 heteroatoms. The topological polar surface area (TPSA) is 49.4 Å². The number of nitrogens with zero attached hydrogens (tertiary/aromatic N) is 1. The summed E-state index contributed by atoms with van der Waals surface area (Å²) in [5, 5.41) is 2.92. The summed E-state index contributed by atoms with van der Waals surface area (Å²) in [7, 11) is -1.30. The van der Waals surface area contributed by atoms with Crippen LogP contribution in [0.3, 0.4) is 0 Å². The van der Waals surface area contributed by atoms with Gasteiger partial charge in [-0.1, -0.05) is 24.3 Å². The van der Waals surface area contributed by atoms with E-state index in [0.717, 1.165) is 12.6 Å². The Labute approximate surface area is 116 Å². The Morgan fingerprint density at radius 3 is 2.40 bits per heavy atom. The molecular formula is C12H17F3N2O2S. The summed E-state index contributed by atoms with van der Waals surface area (Å²) in [6.07, 6.45) is -4.55. The zero-order chi connectivity index (χ0) is 15.4. The number of nitrogens with one attached hydrogen (secondary N) is 1. The molecule has 1 N–H and O–H groups in total. The van der Waals surface area contributed by atoms with Crippen molar-refractivity contribution < 1.29 is 21.6 Å². The van der Waals surface area contributed by atoms with Crippen LogP contribution >= 0.6 is 0 Å². The van der Waals surface area contributed by atoms with Crippen LogP contribution < -0.4 is 5.32 Å². The summed E-state index contributed by atoms with van der Waals surface area (Å²) < 4.78 is 60.7. The third kappa shape index (κ3) is 5.48. The minimum Gasteiger partial charge on any atom is -0.316 e. The largest absolute Gasteiger partial charge is 0.402 e. The van der Waals surface area contributed by atoms with Gasteiger partial charge in [0, 0.05) is 13.6 Å². The quantitative estimate of drug-likeness (QED) is 0.870. The Hall–Kier alpha value is -1.12. The van der Waals surface area contributed by atoms with Crippen molar-refractivity contribution in [3.8, 4) is 0 Å². The maximum absolute atomic E-state index is 12.2. The minimum absolute atomic E-state index is 0.331. The Balaban J connectivity index is 2.83. The highest BCUT2D eigenvalue weighted by atomic mass is 32.2. The third-order valence-corrected chi connectivity index (χ3v) is 4.38. The van der Waals surface area contributed by atoms with Gasteiger partial charge in [0.25, 0.3) is 0 Å². The molecule has 4 nitrogen and oxygen atoms in total. The average Bonchev–Trinajstić information content (AvgIpc) is 2.26. The Kier molecular flexibility index (Phi) is 5.55. The Bertz CT molecular complexity index is 544. The molecule has 0 heterocycles. The number of hydrogen-bond donors (Lipinski definition) is 1. The SMILES string of the molecule is CNCc1cccc(CS(=O)(=O)N(C)CC(F)(F)F)c1. The predicted molar refractivity (Wildman–Crippen MR) is 70.5 cm³/mol. The van der Waals surface area contributed by atoms with Gasteiger partial charge in [-0.25, -0.2) is 8.42 Å². The second-order valence-electron chi connectivity index (χ2n) is 4.48. The predicted octanol–water partition coefficient (Wildman–Crippen LogP) is 1.73. The van der Waals surface area contributed by atoms with Crippen LogP contribution in [0.5, 0.6) is 0 Å². The maximum Gasteiger partial charge on any atom is 0.402 e. The number of rotatable bonds is 6. The van der Waals surface area contributed by atoms with Gasteiger partial charge in [-0.2, -0.15) is 17.5 Å². The molecule has 0 bridgehead atoms. The second-order valence-corrected chi connectivity index (χ2v) is 6.55. The standard InChI is InChI=1S/C12H17F3N2O2S/c1-16-7-10-4-3-5-11(6-10)8-20(18,19)17(2)9-12(13,14)15/h3-6,16H,7-9H2,1-2H3. The number of sulfonamides is 1. The smallest absolute Gasteiger partial charge is 0.316 e. The number of hydrogen-bond acceptors (Lipinski definition) is 3. The van der Waals surface area contributed by atoms with E-state index in [0.29, 0.717) is 16.4 Å². The zero-order valence-electron chi connectivity index (χ0n) is 11.2. The molecule has 0 unspecified atom stereocenters. The molecular weight excluding hydrogens is 293 g/mol. The van der Waals surface area contributed by atoms with Crippen molar-refractivity contribution in [3.05, 3.63) is 35.4 Å². The first-order valence-electron chi connectivity index (χ1n) is 5.87. The normalized spacial score (nSPS) is 12.9. The molecule has 0 aliphatic rings. The van der Waals surface area contributed by atoms with E-state index < -0.39 is 28.5 Å². The summed E-state index contributed by atoms with van der Waals surface area (Å²) in [5.41, 5.74) is 1.34. The molecule has 0 amide bonds. The fraction of sp³-hybridized carbons (Fsp3) is 0.500. The van der Waals surface area contributed by atoms with Crippen LogP contribution in [0.1, 0.15) is 11.1 Å². The van der Waals surface area contributed by atoms with Gasteiger partial charge in [-0.3, -0.25) is 0 Å². The van der Waals surface area contributed by atoms with E-state index in [1.807, 2.05) is 6.07 Å². The molecule has 0 aromatic heterocycles. The lowest BCUT2D eigenvalue weighted by atomic mass is 10.1. The maximum atomic E-state index is 12.2. The van der Waals surface area contributed by atoms with Crippen molar-refractivity contribution in [3.63, 3.8) is 0 Å². The number of alkyl halides is 3. The van der Waals surface area contributed by atoms with Gasteiger partial charge in [0.15, 0.2) is 0 Å². The summed E-state index contributed by atoms with van der Waals surface area (Å²) in [6.45, 7) is -0.919. The highest BCUT2D eigenvalue weighted by molar-refractivity contribution is 7.88. The molecule has 0 atom stereocenters. The van der Waals surface area contributed by atoms with E-state index in [-0.39, 0.29) is 0 Å². The van der Waals surface area contributed by atoms with Crippen LogP contribution in [0, 0.1) is 0 Å². The van der Waals surface area contributed by atoms with E-state index in [4.69, 9.17) is 0 Å². The molecule has 1 rings (SSSR count). The van der Waals surface area contributed by atoms with Crippen LogP contribution in [0.25, 0.3) is 0 Å². The van der Waals surface area contributed by atoms with Gasteiger partial charge < -0.3 is 5.32 Å². The van der Waals surface area contributed by atoms with Gasteiger partial charge in [0.2, 0.25) is 10.0 Å². The molecule has 0 radical (unpaired) electrons. The molecule has 0 spiro atoms. The van der Waals surface area contributed by atoms with Crippen LogP contribution in [0.15, 0.2) is 24.3 Å². The number of benzene rings is 1. The Morgan fingerprint density at radius 1 is 1.25 bits per heavy atom. The van der Waals surface area contributed by atoms with Crippen LogP contribution in [-0.4, -0.2) is 39.5 Å². The molecule has 0 fully saturated rings. The van der Waals surface area contributed by atoms with Gasteiger partial charge in [0.1, 0.15) is 6.54 Å². The highest BCUT2D eigenvalue weighted by Gasteiger charge is 2.34. The zero-order valence-corrected chi connectivity index (χ0v) is 12.1. The monoisotopic (exact) mass is 310 g/mol. The minimum atomic E-state index is -4.55. The average molecular weight is 310 g/mol. The molecule has 20 heavy (non-hydrogen) atoms. The van der Waals surface area contributed by atoms with Crippen LogP contribution in [0.4, 0.5) is 13.2 Å². The van der Waals surface area contributed by atoms with Crippen molar-refractivity contribution in [1.29, 1.82) is 0 Å². The fourth-order valence-corrected chi connectivity index (χ4v) is 2.87. The summed E-state index contributed by atoms with van der Waals surface area (Å²) in [5.74, 6) is -0.447. The summed E-state index contributed by atoms with van der Waals surface area (Å²) >= 11 is 0. The van der Waals surface area contributed by atoms with E-state index in [2.05, 4.69) is 5.32 Å². The number of halogens is 3. The molecule has 1 aromatic rings. The lowest BCUT2D eigenvalue weighted by molar-refractivity contribution is -0.134. The first-order valence-corrected chi connectivity index (χ1v) is 7.48. The molecule has 0 aliphatic heterocycles. The van der Waals surface area contributed by atoms with E-state index in [1.54, 1.807) is 25.2 Å². The van der Waals surface area contributed by atoms with Gasteiger partial charge in [0.05, 0.1) is 5.75 Å². The molecule has 0 saturated carbocycles. The lowest BCUT2D eigenvalue weighted by Crippen LogP contribution is -2.36. The fourth-order valence-electron chi connectivity index (χ4n) is 1.71. The van der Waals surface area contributed by atoms with Gasteiger partial charge >= 0.3 is 6.18 Å². The summed E-state index contributed by atoms with van der Waals surface area (Å²) in [4.78, 5) is 0. The third-order valence-electron chi connectivity index (χ3n) is 2.60. The first kappa shape index (κ1) is 16.9. The van der Waals surface area contributed by atoms with Crippen molar-refractivity contribution in [2.24, 2.45) is 0 Å². The van der Waals surface area contributed by atoms with Gasteiger partial charge in [-0.15, -0.1) is 0 Å². The first-order chi connectivity index (χ1) is 9.14. The molecule has 114 valence electrons. The molecule has 0 aliphatic carbocycles. The van der Waals surface area contributed by atoms with Crippen molar-refractivity contribution in [2.75, 3.05) is 20.6 Å². The highest BCUT2D eigenvalue weighted by Crippen LogP contribution is 2.19. The lowest BCUT2D eigenvalue weighted by Gasteiger charge is -2.19. The molecule has 0 saturated heterocycles. The van der Waals surface area contributed by atoms with E-state index in [9.17, 15) is 21.6 Å².